The molecule has 0 fully saturated rings. The van der Waals surface area contributed by atoms with E-state index in [0.717, 1.165) is 52.2 Å². The Balaban J connectivity index is 0.000000412. The van der Waals surface area contributed by atoms with E-state index in [1.165, 1.54) is 27.8 Å². The first-order valence-corrected chi connectivity index (χ1v) is 15.6. The standard InChI is InChI=1S/C28H27N2.C11H24O2.Ir/c1-17-7-8-22(6)25(15-17)26-16-29-27(23-11-18(2)9-19(3)12-23)28(30-26)24-13-20(4)10-21(5)14-24;1-8(2)5-10(12)7-11(13)6-9(3)4;/h7-11,13-16H,1-6H3;8-13H,5-7H2,1-4H3;/q-1;;. The molecular weight excluding hydrogens is 721 g/mol. The Kier molecular flexibility index (Phi) is 14.6. The fourth-order valence-electron chi connectivity index (χ4n) is 5.66. The number of rotatable bonds is 9. The predicted molar refractivity (Wildman–Crippen MR) is 181 cm³/mol. The number of benzene rings is 3. The second kappa shape index (κ2) is 17.1. The van der Waals surface area contributed by atoms with Crippen LogP contribution < -0.4 is 0 Å². The fraction of sp³-hybridized carbons (Fsp3) is 0.436. The van der Waals surface area contributed by atoms with Crippen LogP contribution in [0.1, 0.15) is 80.3 Å². The van der Waals surface area contributed by atoms with Crippen LogP contribution in [-0.2, 0) is 20.1 Å². The quantitative estimate of drug-likeness (QED) is 0.167. The van der Waals surface area contributed by atoms with Gasteiger partial charge in [0.25, 0.3) is 0 Å². The van der Waals surface area contributed by atoms with Crippen LogP contribution in [0, 0.1) is 59.4 Å². The minimum Gasteiger partial charge on any atom is -0.393 e. The third-order valence-corrected chi connectivity index (χ3v) is 7.37. The molecule has 1 radical (unpaired) electrons. The maximum absolute atomic E-state index is 9.54. The first kappa shape index (κ1) is 37.5. The van der Waals surface area contributed by atoms with E-state index >= 15 is 0 Å². The largest absolute Gasteiger partial charge is 0.393 e. The number of aliphatic hydroxyl groups is 2. The van der Waals surface area contributed by atoms with Crippen LogP contribution in [0.5, 0.6) is 0 Å². The molecule has 0 aliphatic heterocycles. The van der Waals surface area contributed by atoms with Crippen molar-refractivity contribution >= 4 is 0 Å². The number of nitrogens with zero attached hydrogens (tertiary/aromatic N) is 2. The molecule has 0 aliphatic carbocycles. The van der Waals surface area contributed by atoms with Crippen LogP contribution in [0.4, 0.5) is 0 Å². The maximum Gasteiger partial charge on any atom is 0.0876 e. The Labute approximate surface area is 279 Å². The van der Waals surface area contributed by atoms with Gasteiger partial charge in [0.15, 0.2) is 0 Å². The normalized spacial score (nSPS) is 12.4. The number of aryl methyl sites for hydroxylation is 6. The number of hydrogen-bond donors (Lipinski definition) is 2. The molecule has 44 heavy (non-hydrogen) atoms. The monoisotopic (exact) mass is 772 g/mol. The van der Waals surface area contributed by atoms with Gasteiger partial charge in [0.2, 0.25) is 0 Å². The summed E-state index contributed by atoms with van der Waals surface area (Å²) in [4.78, 5) is 10.1. The number of aromatic nitrogens is 2. The Morgan fingerprint density at radius 2 is 1.23 bits per heavy atom. The van der Waals surface area contributed by atoms with Crippen molar-refractivity contribution in [3.8, 4) is 33.8 Å². The molecule has 0 saturated heterocycles. The van der Waals surface area contributed by atoms with Gasteiger partial charge in [0, 0.05) is 37.6 Å². The summed E-state index contributed by atoms with van der Waals surface area (Å²) in [5, 5.41) is 19.1. The first-order chi connectivity index (χ1) is 20.2. The summed E-state index contributed by atoms with van der Waals surface area (Å²) in [6.07, 6.45) is 3.32. The summed E-state index contributed by atoms with van der Waals surface area (Å²) in [5.41, 5.74) is 13.1. The third kappa shape index (κ3) is 11.3. The summed E-state index contributed by atoms with van der Waals surface area (Å²) in [5.74, 6) is 1.00. The molecule has 0 aliphatic rings. The summed E-state index contributed by atoms with van der Waals surface area (Å²) < 4.78 is 0. The van der Waals surface area contributed by atoms with Gasteiger partial charge in [-0.05, 0) is 76.0 Å². The molecule has 4 nitrogen and oxygen atoms in total. The number of aliphatic hydroxyl groups excluding tert-OH is 2. The predicted octanol–water partition coefficient (Wildman–Crippen LogP) is 9.32. The van der Waals surface area contributed by atoms with Crippen molar-refractivity contribution < 1.29 is 30.3 Å². The van der Waals surface area contributed by atoms with Crippen LogP contribution in [0.2, 0.25) is 0 Å². The number of hydrogen-bond acceptors (Lipinski definition) is 4. The second-order valence-corrected chi connectivity index (χ2v) is 13.2. The molecule has 4 rings (SSSR count). The Bertz CT molecular complexity index is 1460. The Hall–Kier alpha value is -2.69. The summed E-state index contributed by atoms with van der Waals surface area (Å²) in [6.45, 7) is 21.0. The average Bonchev–Trinajstić information content (AvgIpc) is 2.88. The van der Waals surface area contributed by atoms with Crippen molar-refractivity contribution in [1.82, 2.24) is 9.97 Å². The molecule has 0 bridgehead atoms. The summed E-state index contributed by atoms with van der Waals surface area (Å²) in [6, 6.07) is 20.8. The molecule has 1 aromatic heterocycles. The molecule has 5 heteroatoms. The molecule has 4 aromatic rings. The van der Waals surface area contributed by atoms with E-state index in [1.807, 2.05) is 6.20 Å². The molecule has 2 atom stereocenters. The van der Waals surface area contributed by atoms with Gasteiger partial charge in [-0.15, -0.1) is 34.9 Å². The minimum absolute atomic E-state index is 0. The van der Waals surface area contributed by atoms with Crippen LogP contribution in [0.25, 0.3) is 33.8 Å². The SMILES string of the molecule is CC(C)CC(O)CC(O)CC(C)C.Cc1[c-]c(-c2ncc(-c3cc(C)ccc3C)nc2-c2cc(C)cc(C)c2)cc(C)c1.[Ir]. The van der Waals surface area contributed by atoms with E-state index in [4.69, 9.17) is 9.97 Å². The van der Waals surface area contributed by atoms with Crippen molar-refractivity contribution in [2.45, 2.75) is 101 Å². The average molecular weight is 772 g/mol. The molecule has 1 heterocycles. The van der Waals surface area contributed by atoms with Gasteiger partial charge in [-0.3, -0.25) is 4.98 Å². The third-order valence-electron chi connectivity index (χ3n) is 7.37. The van der Waals surface area contributed by atoms with E-state index < -0.39 is 0 Å². The Morgan fingerprint density at radius 1 is 0.659 bits per heavy atom. The van der Waals surface area contributed by atoms with Crippen molar-refractivity contribution in [3.05, 3.63) is 94.2 Å². The van der Waals surface area contributed by atoms with Gasteiger partial charge >= 0.3 is 0 Å². The van der Waals surface area contributed by atoms with Gasteiger partial charge in [-0.25, -0.2) is 0 Å². The zero-order valence-electron chi connectivity index (χ0n) is 28.2. The smallest absolute Gasteiger partial charge is 0.0876 e. The van der Waals surface area contributed by atoms with Crippen LogP contribution in [0.3, 0.4) is 0 Å². The summed E-state index contributed by atoms with van der Waals surface area (Å²) in [7, 11) is 0. The van der Waals surface area contributed by atoms with Crippen LogP contribution >= 0.6 is 0 Å². The van der Waals surface area contributed by atoms with E-state index in [0.29, 0.717) is 18.3 Å². The van der Waals surface area contributed by atoms with Crippen molar-refractivity contribution in [2.75, 3.05) is 0 Å². The summed E-state index contributed by atoms with van der Waals surface area (Å²) >= 11 is 0. The zero-order valence-corrected chi connectivity index (χ0v) is 30.6. The molecule has 3 aromatic carbocycles. The first-order valence-electron chi connectivity index (χ1n) is 15.6. The molecule has 0 amide bonds. The van der Waals surface area contributed by atoms with Crippen molar-refractivity contribution in [1.29, 1.82) is 0 Å². The zero-order chi connectivity index (χ0) is 31.8. The Morgan fingerprint density at radius 3 is 1.77 bits per heavy atom. The van der Waals surface area contributed by atoms with E-state index in [2.05, 4.69) is 124 Å². The van der Waals surface area contributed by atoms with Crippen molar-refractivity contribution in [3.63, 3.8) is 0 Å². The minimum atomic E-state index is -0.339. The molecule has 2 unspecified atom stereocenters. The molecule has 2 N–H and O–H groups in total. The van der Waals surface area contributed by atoms with Crippen LogP contribution in [-0.4, -0.2) is 32.4 Å². The van der Waals surface area contributed by atoms with Gasteiger partial charge in [-0.1, -0.05) is 88.6 Å². The van der Waals surface area contributed by atoms with Gasteiger partial charge in [0.1, 0.15) is 0 Å². The second-order valence-electron chi connectivity index (χ2n) is 13.2. The van der Waals surface area contributed by atoms with E-state index in [9.17, 15) is 10.2 Å². The molecular formula is C39H51IrN2O2-. The molecule has 239 valence electrons. The van der Waals surface area contributed by atoms with Gasteiger partial charge < -0.3 is 15.2 Å². The van der Waals surface area contributed by atoms with Crippen LogP contribution in [0.15, 0.2) is 54.7 Å². The molecule has 0 spiro atoms. The van der Waals surface area contributed by atoms with E-state index in [1.54, 1.807) is 0 Å². The topological polar surface area (TPSA) is 66.2 Å². The van der Waals surface area contributed by atoms with E-state index in [-0.39, 0.29) is 32.3 Å². The van der Waals surface area contributed by atoms with Gasteiger partial charge in [0.05, 0.1) is 23.6 Å². The maximum atomic E-state index is 9.54. The fourth-order valence-corrected chi connectivity index (χ4v) is 5.66. The molecule has 0 saturated carbocycles. The van der Waals surface area contributed by atoms with Gasteiger partial charge in [-0.2, -0.15) is 0 Å². The van der Waals surface area contributed by atoms with Crippen molar-refractivity contribution in [2.24, 2.45) is 11.8 Å².